The lowest BCUT2D eigenvalue weighted by Crippen LogP contribution is -2.29. The molecule has 3 heterocycles. The molecular weight excluding hydrogens is 373 g/mol. The number of hydrogen-bond donors (Lipinski definition) is 3. The Hall–Kier alpha value is -3.68. The number of anilines is 1. The van der Waals surface area contributed by atoms with E-state index < -0.39 is 0 Å². The summed E-state index contributed by atoms with van der Waals surface area (Å²) in [6.07, 6.45) is 0.656. The topological polar surface area (TPSA) is 95.8 Å². The zero-order chi connectivity index (χ0) is 20.0. The van der Waals surface area contributed by atoms with Crippen molar-refractivity contribution in [3.05, 3.63) is 53.8 Å². The number of H-pyrrole nitrogens is 1. The third-order valence-electron chi connectivity index (χ3n) is 5.16. The third kappa shape index (κ3) is 3.02. The highest BCUT2D eigenvalue weighted by Crippen LogP contribution is 2.39. The summed E-state index contributed by atoms with van der Waals surface area (Å²) in [5, 5.41) is 14.9. The van der Waals surface area contributed by atoms with Crippen LogP contribution in [-0.2, 0) is 4.79 Å². The van der Waals surface area contributed by atoms with Crippen LogP contribution in [0.1, 0.15) is 12.0 Å². The molecule has 146 valence electrons. The third-order valence-corrected chi connectivity index (χ3v) is 5.16. The summed E-state index contributed by atoms with van der Waals surface area (Å²) >= 11 is 0. The summed E-state index contributed by atoms with van der Waals surface area (Å²) in [5.74, 6) is -0.0664. The van der Waals surface area contributed by atoms with Crippen molar-refractivity contribution in [1.82, 2.24) is 20.5 Å². The number of halogens is 1. The molecule has 0 spiro atoms. The van der Waals surface area contributed by atoms with E-state index >= 15 is 0 Å². The van der Waals surface area contributed by atoms with Crippen molar-refractivity contribution in [3.8, 4) is 22.7 Å². The maximum absolute atomic E-state index is 13.4. The maximum atomic E-state index is 13.4. The van der Waals surface area contributed by atoms with E-state index in [9.17, 15) is 9.18 Å². The minimum absolute atomic E-state index is 0.0838. The first-order valence-corrected chi connectivity index (χ1v) is 9.35. The number of nitrogens with zero attached hydrogens (tertiary/aromatic N) is 2. The lowest BCUT2D eigenvalue weighted by atomic mass is 10.0. The lowest BCUT2D eigenvalue weighted by molar-refractivity contribution is -0.119. The number of hydrogen-bond acceptors (Lipinski definition) is 5. The Balaban J connectivity index is 1.62. The number of aromatic amines is 1. The normalized spacial score (nSPS) is 16.3. The van der Waals surface area contributed by atoms with E-state index in [1.165, 1.54) is 12.1 Å². The number of amides is 1. The van der Waals surface area contributed by atoms with Crippen LogP contribution in [0, 0.1) is 12.7 Å². The van der Waals surface area contributed by atoms with Gasteiger partial charge in [0.1, 0.15) is 11.9 Å². The van der Waals surface area contributed by atoms with Gasteiger partial charge in [-0.15, -0.1) is 5.10 Å². The van der Waals surface area contributed by atoms with Crippen molar-refractivity contribution in [2.24, 2.45) is 0 Å². The second-order valence-electron chi connectivity index (χ2n) is 7.07. The van der Waals surface area contributed by atoms with Crippen LogP contribution in [0.4, 0.5) is 10.4 Å². The summed E-state index contributed by atoms with van der Waals surface area (Å²) in [7, 11) is 0. The van der Waals surface area contributed by atoms with Crippen molar-refractivity contribution in [3.63, 3.8) is 0 Å². The second-order valence-corrected chi connectivity index (χ2v) is 7.07. The van der Waals surface area contributed by atoms with Gasteiger partial charge in [0.2, 0.25) is 5.91 Å². The number of aryl methyl sites for hydroxylation is 1. The van der Waals surface area contributed by atoms with Crippen LogP contribution < -0.4 is 10.6 Å². The molecule has 3 N–H and O–H groups in total. The molecule has 0 bridgehead atoms. The van der Waals surface area contributed by atoms with Gasteiger partial charge in [-0.2, -0.15) is 0 Å². The fraction of sp³-hybridized carbons (Fsp3) is 0.190. The van der Waals surface area contributed by atoms with Crippen LogP contribution in [0.25, 0.3) is 33.6 Å². The van der Waals surface area contributed by atoms with Crippen LogP contribution in [0.15, 0.2) is 46.9 Å². The number of carbonyl (C=O) groups is 1. The number of carbonyl (C=O) groups excluding carboxylic acids is 1. The molecule has 1 aliphatic heterocycles. The smallest absolute Gasteiger partial charge is 0.316 e. The molecule has 7 nitrogen and oxygen atoms in total. The Bertz CT molecular complexity index is 1210. The van der Waals surface area contributed by atoms with Crippen LogP contribution in [0.3, 0.4) is 0 Å². The van der Waals surface area contributed by atoms with Gasteiger partial charge in [0.25, 0.3) is 5.89 Å². The molecule has 0 radical (unpaired) electrons. The molecule has 1 atom stereocenters. The largest absolute Gasteiger partial charge is 0.403 e. The molecule has 1 aliphatic rings. The highest BCUT2D eigenvalue weighted by Gasteiger charge is 2.26. The standard InChI is InChI=1S/C21H18FN5O2/c1-11-3-2-4-14-16(18(25-17(11)14)12-5-7-13(22)8-6-12)20-26-27-21(29-20)24-15-9-10-23-19(15)28/h2-8,15,25H,9-10H2,1H3,(H,23,28)(H,24,27). The van der Waals surface area contributed by atoms with E-state index in [1.54, 1.807) is 12.1 Å². The molecule has 1 amide bonds. The lowest BCUT2D eigenvalue weighted by Gasteiger charge is -2.05. The van der Waals surface area contributed by atoms with Crippen molar-refractivity contribution in [2.75, 3.05) is 11.9 Å². The Morgan fingerprint density at radius 1 is 1.17 bits per heavy atom. The SMILES string of the molecule is Cc1cccc2c(-c3nnc(NC4CCNC4=O)o3)c(-c3ccc(F)cc3)[nH]c12. The maximum Gasteiger partial charge on any atom is 0.316 e. The second kappa shape index (κ2) is 6.73. The number of para-hydroxylation sites is 1. The molecule has 2 aromatic heterocycles. The predicted molar refractivity (Wildman–Crippen MR) is 107 cm³/mol. The van der Waals surface area contributed by atoms with E-state index in [2.05, 4.69) is 25.8 Å². The van der Waals surface area contributed by atoms with Gasteiger partial charge in [0, 0.05) is 17.4 Å². The molecule has 29 heavy (non-hydrogen) atoms. The molecular formula is C21H18FN5O2. The first-order chi connectivity index (χ1) is 14.1. The van der Waals surface area contributed by atoms with E-state index in [-0.39, 0.29) is 23.8 Å². The van der Waals surface area contributed by atoms with E-state index in [1.807, 2.05) is 25.1 Å². The molecule has 1 unspecified atom stereocenters. The van der Waals surface area contributed by atoms with Crippen LogP contribution in [0.5, 0.6) is 0 Å². The van der Waals surface area contributed by atoms with Gasteiger partial charge >= 0.3 is 6.01 Å². The molecule has 0 aliphatic carbocycles. The summed E-state index contributed by atoms with van der Waals surface area (Å²) in [4.78, 5) is 15.2. The summed E-state index contributed by atoms with van der Waals surface area (Å²) < 4.78 is 19.3. The van der Waals surface area contributed by atoms with E-state index in [0.29, 0.717) is 18.9 Å². The van der Waals surface area contributed by atoms with Gasteiger partial charge in [0.15, 0.2) is 0 Å². The number of rotatable bonds is 4. The Kier molecular flexibility index (Phi) is 4.04. The molecule has 2 aromatic carbocycles. The van der Waals surface area contributed by atoms with Gasteiger partial charge in [-0.1, -0.05) is 23.3 Å². The van der Waals surface area contributed by atoms with Gasteiger partial charge in [0.05, 0.1) is 11.3 Å². The molecule has 1 saturated heterocycles. The first kappa shape index (κ1) is 17.4. The zero-order valence-electron chi connectivity index (χ0n) is 15.6. The van der Waals surface area contributed by atoms with Gasteiger partial charge < -0.3 is 20.0 Å². The van der Waals surface area contributed by atoms with Gasteiger partial charge in [-0.25, -0.2) is 4.39 Å². The van der Waals surface area contributed by atoms with Crippen molar-refractivity contribution in [1.29, 1.82) is 0 Å². The number of benzene rings is 2. The Labute approximate surface area is 165 Å². The van der Waals surface area contributed by atoms with Crippen molar-refractivity contribution < 1.29 is 13.6 Å². The first-order valence-electron chi connectivity index (χ1n) is 9.35. The molecule has 5 rings (SSSR count). The minimum atomic E-state index is -0.384. The number of fused-ring (bicyclic) bond motifs is 1. The quantitative estimate of drug-likeness (QED) is 0.494. The average molecular weight is 391 g/mol. The van der Waals surface area contributed by atoms with E-state index in [4.69, 9.17) is 4.42 Å². The summed E-state index contributed by atoms with van der Waals surface area (Å²) in [5.41, 5.74) is 4.33. The van der Waals surface area contributed by atoms with Crippen molar-refractivity contribution in [2.45, 2.75) is 19.4 Å². The summed E-state index contributed by atoms with van der Waals surface area (Å²) in [6, 6.07) is 12.0. The Morgan fingerprint density at radius 2 is 2.00 bits per heavy atom. The highest BCUT2D eigenvalue weighted by atomic mass is 19.1. The molecule has 4 aromatic rings. The van der Waals surface area contributed by atoms with Crippen LogP contribution in [-0.4, -0.2) is 33.7 Å². The molecule has 0 saturated carbocycles. The molecule has 1 fully saturated rings. The zero-order valence-corrected chi connectivity index (χ0v) is 15.6. The monoisotopic (exact) mass is 391 g/mol. The van der Waals surface area contributed by atoms with Crippen molar-refractivity contribution >= 4 is 22.8 Å². The fourth-order valence-electron chi connectivity index (χ4n) is 3.68. The minimum Gasteiger partial charge on any atom is -0.403 e. The fourth-order valence-corrected chi connectivity index (χ4v) is 3.68. The van der Waals surface area contributed by atoms with Crippen LogP contribution in [0.2, 0.25) is 0 Å². The van der Waals surface area contributed by atoms with Crippen LogP contribution >= 0.6 is 0 Å². The predicted octanol–water partition coefficient (Wildman–Crippen LogP) is 3.63. The summed E-state index contributed by atoms with van der Waals surface area (Å²) in [6.45, 7) is 2.63. The number of aromatic nitrogens is 3. The van der Waals surface area contributed by atoms with Gasteiger partial charge in [-0.3, -0.25) is 4.79 Å². The molecule has 8 heteroatoms. The average Bonchev–Trinajstić information content (AvgIpc) is 3.42. The van der Waals surface area contributed by atoms with E-state index in [0.717, 1.165) is 33.3 Å². The van der Waals surface area contributed by atoms with Gasteiger partial charge in [-0.05, 0) is 48.7 Å². The Morgan fingerprint density at radius 3 is 2.76 bits per heavy atom. The number of nitrogens with one attached hydrogen (secondary N) is 3. The highest BCUT2D eigenvalue weighted by molar-refractivity contribution is 6.03.